The van der Waals surface area contributed by atoms with E-state index in [2.05, 4.69) is 20.5 Å². The summed E-state index contributed by atoms with van der Waals surface area (Å²) in [4.78, 5) is 17.0. The monoisotopic (exact) mass is 411 g/mol. The summed E-state index contributed by atoms with van der Waals surface area (Å²) < 4.78 is 7.21. The van der Waals surface area contributed by atoms with Crippen LogP contribution in [0, 0.1) is 0 Å². The van der Waals surface area contributed by atoms with E-state index in [-0.39, 0.29) is 17.7 Å². The smallest absolute Gasteiger partial charge is 0.231 e. The first kappa shape index (κ1) is 18.5. The lowest BCUT2D eigenvalue weighted by Crippen LogP contribution is -2.30. The average Bonchev–Trinajstić information content (AvgIpc) is 3.49. The maximum absolute atomic E-state index is 12.6. The van der Waals surface area contributed by atoms with Crippen molar-refractivity contribution in [2.75, 3.05) is 5.75 Å². The van der Waals surface area contributed by atoms with Crippen molar-refractivity contribution in [2.24, 2.45) is 0 Å². The molecule has 3 aromatic heterocycles. The summed E-state index contributed by atoms with van der Waals surface area (Å²) in [6, 6.07) is 13.3. The van der Waals surface area contributed by atoms with E-state index in [0.29, 0.717) is 11.7 Å². The third kappa shape index (κ3) is 4.49. The van der Waals surface area contributed by atoms with E-state index in [1.807, 2.05) is 52.4 Å². The Morgan fingerprint density at radius 1 is 1.25 bits per heavy atom. The van der Waals surface area contributed by atoms with Gasteiger partial charge in [0.05, 0.1) is 18.6 Å². The lowest BCUT2D eigenvalue weighted by molar-refractivity contribution is -0.119. The van der Waals surface area contributed by atoms with Crippen molar-refractivity contribution in [3.05, 3.63) is 83.0 Å². The molecule has 3 heterocycles. The number of thiazole rings is 1. The minimum atomic E-state index is -0.268. The average molecular weight is 412 g/mol. The predicted octanol–water partition coefficient (Wildman–Crippen LogP) is 3.37. The minimum Gasteiger partial charge on any atom is -0.467 e. The summed E-state index contributed by atoms with van der Waals surface area (Å²) in [5, 5.41) is 14.5. The summed E-state index contributed by atoms with van der Waals surface area (Å²) >= 11 is 2.86. The number of carbonyl (C=O) groups is 1. The van der Waals surface area contributed by atoms with Crippen LogP contribution >= 0.6 is 23.1 Å². The van der Waals surface area contributed by atoms with E-state index in [0.717, 1.165) is 16.3 Å². The SMILES string of the molecule is O=C(CSc1nncn1Cc1ccco1)NC(c1ccccc1)c1nccs1. The highest BCUT2D eigenvalue weighted by atomic mass is 32.2. The van der Waals surface area contributed by atoms with Gasteiger partial charge in [-0.2, -0.15) is 0 Å². The Morgan fingerprint density at radius 3 is 2.89 bits per heavy atom. The highest BCUT2D eigenvalue weighted by molar-refractivity contribution is 7.99. The number of rotatable bonds is 8. The Hall–Kier alpha value is -2.91. The van der Waals surface area contributed by atoms with E-state index in [1.165, 1.54) is 23.1 Å². The van der Waals surface area contributed by atoms with Crippen LogP contribution in [0.4, 0.5) is 0 Å². The van der Waals surface area contributed by atoms with Gasteiger partial charge in [-0.3, -0.25) is 4.79 Å². The molecule has 0 bridgehead atoms. The molecule has 28 heavy (non-hydrogen) atoms. The largest absolute Gasteiger partial charge is 0.467 e. The molecule has 1 unspecified atom stereocenters. The topological polar surface area (TPSA) is 85.8 Å². The third-order valence-corrected chi connectivity index (χ3v) is 5.78. The highest BCUT2D eigenvalue weighted by Crippen LogP contribution is 2.24. The zero-order valence-corrected chi connectivity index (χ0v) is 16.4. The van der Waals surface area contributed by atoms with Gasteiger partial charge in [0.15, 0.2) is 5.16 Å². The standard InChI is InChI=1S/C19H17N5O2S2/c25-16(12-28-19-23-21-13-24(19)11-15-7-4-9-26-15)22-17(18-20-8-10-27-18)14-5-2-1-3-6-14/h1-10,13,17H,11-12H2,(H,22,25). The predicted molar refractivity (Wildman–Crippen MR) is 107 cm³/mol. The zero-order valence-electron chi connectivity index (χ0n) is 14.8. The number of hydrogen-bond acceptors (Lipinski definition) is 7. The Morgan fingerprint density at radius 2 is 2.14 bits per heavy atom. The van der Waals surface area contributed by atoms with Gasteiger partial charge in [-0.1, -0.05) is 42.1 Å². The maximum atomic E-state index is 12.6. The molecule has 0 aliphatic heterocycles. The molecule has 1 atom stereocenters. The second-order valence-corrected chi connectivity index (χ2v) is 7.76. The highest BCUT2D eigenvalue weighted by Gasteiger charge is 2.19. The van der Waals surface area contributed by atoms with Gasteiger partial charge in [-0.25, -0.2) is 4.98 Å². The van der Waals surface area contributed by atoms with Gasteiger partial charge in [0.25, 0.3) is 0 Å². The lowest BCUT2D eigenvalue weighted by atomic mass is 10.1. The fraction of sp³-hybridized carbons (Fsp3) is 0.158. The molecular formula is C19H17N5O2S2. The Balaban J connectivity index is 1.40. The molecule has 0 fully saturated rings. The maximum Gasteiger partial charge on any atom is 0.231 e. The number of aromatic nitrogens is 4. The summed E-state index contributed by atoms with van der Waals surface area (Å²) in [6.07, 6.45) is 5.00. The summed E-state index contributed by atoms with van der Waals surface area (Å²) in [7, 11) is 0. The van der Waals surface area contributed by atoms with Crippen LogP contribution in [-0.4, -0.2) is 31.4 Å². The van der Waals surface area contributed by atoms with Crippen molar-refractivity contribution in [3.8, 4) is 0 Å². The van der Waals surface area contributed by atoms with Gasteiger partial charge in [0.1, 0.15) is 23.1 Å². The number of hydrogen-bond donors (Lipinski definition) is 1. The normalized spacial score (nSPS) is 12.0. The molecule has 1 aromatic carbocycles. The van der Waals surface area contributed by atoms with Gasteiger partial charge in [0.2, 0.25) is 5.91 Å². The molecule has 0 aliphatic carbocycles. The number of thioether (sulfide) groups is 1. The van der Waals surface area contributed by atoms with Crippen LogP contribution in [0.25, 0.3) is 0 Å². The number of carbonyl (C=O) groups excluding carboxylic acids is 1. The molecule has 4 aromatic rings. The summed E-state index contributed by atoms with van der Waals surface area (Å²) in [6.45, 7) is 0.524. The van der Waals surface area contributed by atoms with Crippen LogP contribution in [0.3, 0.4) is 0 Å². The summed E-state index contributed by atoms with van der Waals surface area (Å²) in [5.41, 5.74) is 0.997. The molecule has 142 valence electrons. The Kier molecular flexibility index (Phi) is 5.83. The number of benzene rings is 1. The van der Waals surface area contributed by atoms with Crippen molar-refractivity contribution in [1.82, 2.24) is 25.1 Å². The third-order valence-electron chi connectivity index (χ3n) is 3.96. The molecule has 1 amide bonds. The Labute approximate surface area is 169 Å². The van der Waals surface area contributed by atoms with Crippen LogP contribution in [0.5, 0.6) is 0 Å². The summed E-state index contributed by atoms with van der Waals surface area (Å²) in [5.74, 6) is 0.937. The van der Waals surface area contributed by atoms with E-state index < -0.39 is 0 Å². The minimum absolute atomic E-state index is 0.0957. The fourth-order valence-electron chi connectivity index (χ4n) is 2.68. The molecule has 1 N–H and O–H groups in total. The van der Waals surface area contributed by atoms with Crippen LogP contribution in [0.15, 0.2) is 76.2 Å². The fourth-order valence-corrected chi connectivity index (χ4v) is 4.12. The number of furan rings is 1. The van der Waals surface area contributed by atoms with Crippen molar-refractivity contribution in [3.63, 3.8) is 0 Å². The van der Waals surface area contributed by atoms with Crippen LogP contribution < -0.4 is 5.32 Å². The molecule has 7 nitrogen and oxygen atoms in total. The zero-order chi connectivity index (χ0) is 19.2. The van der Waals surface area contributed by atoms with E-state index in [1.54, 1.807) is 18.8 Å². The second kappa shape index (κ2) is 8.85. The van der Waals surface area contributed by atoms with Crippen LogP contribution in [-0.2, 0) is 11.3 Å². The van der Waals surface area contributed by atoms with Crippen LogP contribution in [0.1, 0.15) is 22.4 Å². The van der Waals surface area contributed by atoms with E-state index in [9.17, 15) is 4.79 Å². The second-order valence-electron chi connectivity index (χ2n) is 5.89. The van der Waals surface area contributed by atoms with Gasteiger partial charge >= 0.3 is 0 Å². The first-order valence-electron chi connectivity index (χ1n) is 8.56. The molecule has 0 saturated carbocycles. The first-order valence-corrected chi connectivity index (χ1v) is 10.4. The Bertz CT molecular complexity index is 1000. The molecule has 0 spiro atoms. The molecule has 0 aliphatic rings. The molecule has 9 heteroatoms. The van der Waals surface area contributed by atoms with Gasteiger partial charge in [0, 0.05) is 11.6 Å². The number of nitrogens with zero attached hydrogens (tertiary/aromatic N) is 4. The van der Waals surface area contributed by atoms with Crippen LogP contribution in [0.2, 0.25) is 0 Å². The van der Waals surface area contributed by atoms with Crippen molar-refractivity contribution >= 4 is 29.0 Å². The molecular weight excluding hydrogens is 394 g/mol. The van der Waals surface area contributed by atoms with Gasteiger partial charge in [-0.05, 0) is 17.7 Å². The van der Waals surface area contributed by atoms with Crippen molar-refractivity contribution in [2.45, 2.75) is 17.7 Å². The van der Waals surface area contributed by atoms with E-state index >= 15 is 0 Å². The lowest BCUT2D eigenvalue weighted by Gasteiger charge is -2.17. The molecule has 0 saturated heterocycles. The quantitative estimate of drug-likeness (QED) is 0.448. The molecule has 4 rings (SSSR count). The van der Waals surface area contributed by atoms with Gasteiger partial charge in [-0.15, -0.1) is 21.5 Å². The first-order chi connectivity index (χ1) is 13.8. The number of amides is 1. The van der Waals surface area contributed by atoms with Crippen molar-refractivity contribution in [1.29, 1.82) is 0 Å². The van der Waals surface area contributed by atoms with Crippen molar-refractivity contribution < 1.29 is 9.21 Å². The molecule has 0 radical (unpaired) electrons. The number of nitrogens with one attached hydrogen (secondary N) is 1. The van der Waals surface area contributed by atoms with E-state index in [4.69, 9.17) is 4.42 Å². The van der Waals surface area contributed by atoms with Gasteiger partial charge < -0.3 is 14.3 Å².